The van der Waals surface area contributed by atoms with Crippen molar-refractivity contribution in [3.8, 4) is 0 Å². The number of H-pyrrole nitrogens is 1. The third-order valence-corrected chi connectivity index (χ3v) is 4.70. The van der Waals surface area contributed by atoms with Gasteiger partial charge in [0.05, 0.1) is 30.1 Å². The van der Waals surface area contributed by atoms with Gasteiger partial charge in [-0.05, 0) is 6.42 Å². The number of hydrogen-bond donors (Lipinski definition) is 1. The molecule has 2 aromatic heterocycles. The van der Waals surface area contributed by atoms with Crippen molar-refractivity contribution >= 4 is 20.9 Å². The summed E-state index contributed by atoms with van der Waals surface area (Å²) in [5.74, 6) is 0.237. The van der Waals surface area contributed by atoms with E-state index in [0.717, 1.165) is 0 Å². The van der Waals surface area contributed by atoms with Crippen molar-refractivity contribution in [3.63, 3.8) is 0 Å². The molecule has 7 nitrogen and oxygen atoms in total. The summed E-state index contributed by atoms with van der Waals surface area (Å²) in [6.45, 7) is 0. The van der Waals surface area contributed by atoms with Gasteiger partial charge in [0, 0.05) is 0 Å². The van der Waals surface area contributed by atoms with Crippen LogP contribution in [0.1, 0.15) is 12.5 Å². The number of sulfone groups is 1. The monoisotopic (exact) mass is 254 g/mol. The van der Waals surface area contributed by atoms with Gasteiger partial charge in [-0.25, -0.2) is 18.1 Å². The van der Waals surface area contributed by atoms with Gasteiger partial charge in [0.15, 0.2) is 15.5 Å². The third-order valence-electron chi connectivity index (χ3n) is 2.95. The molecule has 2 aromatic rings. The highest BCUT2D eigenvalue weighted by molar-refractivity contribution is 7.91. The quantitative estimate of drug-likeness (QED) is 0.738. The molecule has 0 aromatic carbocycles. The molecular weight excluding hydrogens is 244 g/mol. The molecule has 1 aliphatic heterocycles. The average Bonchev–Trinajstić information content (AvgIpc) is 2.82. The van der Waals surface area contributed by atoms with Crippen molar-refractivity contribution in [1.82, 2.24) is 19.7 Å². The van der Waals surface area contributed by atoms with Crippen molar-refractivity contribution in [1.29, 1.82) is 0 Å². The first kappa shape index (κ1) is 10.5. The van der Waals surface area contributed by atoms with Crippen LogP contribution in [0.25, 0.3) is 11.0 Å². The lowest BCUT2D eigenvalue weighted by Gasteiger charge is -2.08. The Balaban J connectivity index is 2.14. The summed E-state index contributed by atoms with van der Waals surface area (Å²) in [5.41, 5.74) is 0.179. The molecule has 1 aliphatic rings. The van der Waals surface area contributed by atoms with Crippen LogP contribution in [0.2, 0.25) is 0 Å². The van der Waals surface area contributed by atoms with Crippen LogP contribution in [0, 0.1) is 0 Å². The predicted octanol–water partition coefficient (Wildman–Crippen LogP) is -0.521. The molecule has 0 bridgehead atoms. The van der Waals surface area contributed by atoms with E-state index in [4.69, 9.17) is 0 Å². The van der Waals surface area contributed by atoms with E-state index in [1.54, 1.807) is 0 Å². The van der Waals surface area contributed by atoms with Crippen LogP contribution in [0.5, 0.6) is 0 Å². The van der Waals surface area contributed by atoms with Gasteiger partial charge < -0.3 is 4.98 Å². The molecule has 1 saturated heterocycles. The summed E-state index contributed by atoms with van der Waals surface area (Å²) in [4.78, 5) is 18.0. The highest BCUT2D eigenvalue weighted by Gasteiger charge is 2.30. The Bertz CT molecular complexity index is 730. The van der Waals surface area contributed by atoms with Gasteiger partial charge >= 0.3 is 0 Å². The van der Waals surface area contributed by atoms with E-state index in [9.17, 15) is 13.2 Å². The maximum absolute atomic E-state index is 11.5. The zero-order valence-corrected chi connectivity index (χ0v) is 9.64. The fourth-order valence-electron chi connectivity index (χ4n) is 2.11. The van der Waals surface area contributed by atoms with Crippen LogP contribution >= 0.6 is 0 Å². The Morgan fingerprint density at radius 1 is 1.47 bits per heavy atom. The molecular formula is C9H10N4O3S. The summed E-state index contributed by atoms with van der Waals surface area (Å²) in [6, 6.07) is -0.216. The van der Waals surface area contributed by atoms with E-state index in [-0.39, 0.29) is 23.1 Å². The lowest BCUT2D eigenvalue weighted by atomic mass is 10.3. The third kappa shape index (κ3) is 1.64. The van der Waals surface area contributed by atoms with Gasteiger partial charge in [0.1, 0.15) is 5.39 Å². The molecule has 3 heterocycles. The van der Waals surface area contributed by atoms with Crippen LogP contribution in [0.4, 0.5) is 0 Å². The minimum atomic E-state index is -2.97. The second kappa shape index (κ2) is 3.39. The van der Waals surface area contributed by atoms with Crippen LogP contribution in [0.15, 0.2) is 17.3 Å². The van der Waals surface area contributed by atoms with E-state index in [2.05, 4.69) is 15.1 Å². The number of hydrogen-bond acceptors (Lipinski definition) is 5. The average molecular weight is 254 g/mol. The first-order chi connectivity index (χ1) is 8.07. The second-order valence-electron chi connectivity index (χ2n) is 4.11. The standard InChI is InChI=1S/C9H10N4O3S/c14-9-7-3-12-13(8(7)10-5-11-9)6-1-2-17(15,16)4-6/h3,5-6H,1-2,4H2,(H,10,11,14)/t6-/m0/s1. The zero-order valence-electron chi connectivity index (χ0n) is 8.83. The van der Waals surface area contributed by atoms with Gasteiger partial charge in [0.25, 0.3) is 5.56 Å². The first-order valence-corrected chi connectivity index (χ1v) is 7.00. The van der Waals surface area contributed by atoms with Crippen molar-refractivity contribution in [3.05, 3.63) is 22.9 Å². The number of nitrogens with one attached hydrogen (secondary N) is 1. The smallest absolute Gasteiger partial charge is 0.261 e. The fraction of sp³-hybridized carbons (Fsp3) is 0.444. The molecule has 90 valence electrons. The molecule has 1 atom stereocenters. The molecule has 0 radical (unpaired) electrons. The highest BCUT2D eigenvalue weighted by Crippen LogP contribution is 2.24. The van der Waals surface area contributed by atoms with Crippen LogP contribution in [-0.4, -0.2) is 39.7 Å². The molecule has 17 heavy (non-hydrogen) atoms. The van der Waals surface area contributed by atoms with E-state index >= 15 is 0 Å². The first-order valence-electron chi connectivity index (χ1n) is 5.18. The van der Waals surface area contributed by atoms with Gasteiger partial charge in [0.2, 0.25) is 0 Å². The molecule has 0 amide bonds. The van der Waals surface area contributed by atoms with Gasteiger partial charge in [-0.2, -0.15) is 5.10 Å². The summed E-state index contributed by atoms with van der Waals surface area (Å²) in [7, 11) is -2.97. The second-order valence-corrected chi connectivity index (χ2v) is 6.34. The van der Waals surface area contributed by atoms with Crippen molar-refractivity contribution < 1.29 is 8.42 Å². The molecule has 0 saturated carbocycles. The van der Waals surface area contributed by atoms with Crippen molar-refractivity contribution in [2.75, 3.05) is 11.5 Å². The number of nitrogens with zero attached hydrogens (tertiary/aromatic N) is 3. The highest BCUT2D eigenvalue weighted by atomic mass is 32.2. The van der Waals surface area contributed by atoms with Crippen molar-refractivity contribution in [2.24, 2.45) is 0 Å². The lowest BCUT2D eigenvalue weighted by Crippen LogP contribution is -2.14. The zero-order chi connectivity index (χ0) is 12.0. The van der Waals surface area contributed by atoms with Gasteiger partial charge in [-0.1, -0.05) is 0 Å². The molecule has 8 heteroatoms. The molecule has 1 N–H and O–H groups in total. The Morgan fingerprint density at radius 3 is 3.00 bits per heavy atom. The predicted molar refractivity (Wildman–Crippen MR) is 60.5 cm³/mol. The van der Waals surface area contributed by atoms with Gasteiger partial charge in [-0.15, -0.1) is 0 Å². The van der Waals surface area contributed by atoms with Gasteiger partial charge in [-0.3, -0.25) is 4.79 Å². The van der Waals surface area contributed by atoms with Crippen molar-refractivity contribution in [2.45, 2.75) is 12.5 Å². The maximum atomic E-state index is 11.5. The van der Waals surface area contributed by atoms with Crippen LogP contribution in [0.3, 0.4) is 0 Å². The minimum absolute atomic E-state index is 0.0677. The van der Waals surface area contributed by atoms with E-state index in [1.807, 2.05) is 0 Å². The largest absolute Gasteiger partial charge is 0.312 e. The van der Waals surface area contributed by atoms with Crippen LogP contribution < -0.4 is 5.56 Å². The SMILES string of the molecule is O=c1[nH]cnc2c1cnn2[C@H]1CCS(=O)(=O)C1. The normalized spacial score (nSPS) is 23.2. The lowest BCUT2D eigenvalue weighted by molar-refractivity contribution is 0.512. The molecule has 0 aliphatic carbocycles. The molecule has 1 fully saturated rings. The summed E-state index contributed by atoms with van der Waals surface area (Å²) in [5, 5.41) is 4.46. The molecule has 0 spiro atoms. The van der Waals surface area contributed by atoms with E-state index in [0.29, 0.717) is 17.5 Å². The maximum Gasteiger partial charge on any atom is 0.261 e. The minimum Gasteiger partial charge on any atom is -0.312 e. The molecule has 0 unspecified atom stereocenters. The Kier molecular flexibility index (Phi) is 2.09. The molecule has 3 rings (SSSR count). The Morgan fingerprint density at radius 2 is 2.29 bits per heavy atom. The number of aromatic amines is 1. The summed E-state index contributed by atoms with van der Waals surface area (Å²) >= 11 is 0. The van der Waals surface area contributed by atoms with E-state index < -0.39 is 9.84 Å². The number of aromatic nitrogens is 4. The fourth-order valence-corrected chi connectivity index (χ4v) is 3.80. The van der Waals surface area contributed by atoms with Crippen LogP contribution in [-0.2, 0) is 9.84 Å². The Hall–Kier alpha value is -1.70. The Labute approximate surface area is 96.4 Å². The number of rotatable bonds is 1. The summed E-state index contributed by atoms with van der Waals surface area (Å²) < 4.78 is 24.4. The van der Waals surface area contributed by atoms with E-state index in [1.165, 1.54) is 17.2 Å². The number of fused-ring (bicyclic) bond motifs is 1. The topological polar surface area (TPSA) is 97.7 Å². The summed E-state index contributed by atoms with van der Waals surface area (Å²) in [6.07, 6.45) is 3.24.